The molecule has 1 aliphatic carbocycles. The highest BCUT2D eigenvalue weighted by atomic mass is 16.3. The minimum Gasteiger partial charge on any atom is -0.394 e. The molecule has 1 aromatic rings. The number of rotatable bonds is 4. The van der Waals surface area contributed by atoms with Crippen molar-refractivity contribution in [3.8, 4) is 0 Å². The fraction of sp³-hybridized carbons (Fsp3) is 0.562. The highest BCUT2D eigenvalue weighted by Gasteiger charge is 2.38. The van der Waals surface area contributed by atoms with Crippen LogP contribution in [0.4, 0.5) is 0 Å². The molecule has 1 aromatic carbocycles. The van der Waals surface area contributed by atoms with E-state index in [2.05, 4.69) is 12.2 Å². The van der Waals surface area contributed by atoms with Gasteiger partial charge in [0.1, 0.15) is 0 Å². The summed E-state index contributed by atoms with van der Waals surface area (Å²) in [6.45, 7) is 2.01. The molecule has 1 saturated carbocycles. The van der Waals surface area contributed by atoms with Gasteiger partial charge in [-0.1, -0.05) is 50.1 Å². The van der Waals surface area contributed by atoms with E-state index in [0.717, 1.165) is 24.8 Å². The molecule has 0 radical (unpaired) electrons. The number of hydrogen-bond acceptors (Lipinski definition) is 3. The van der Waals surface area contributed by atoms with Gasteiger partial charge in [-0.05, 0) is 24.3 Å². The molecule has 0 bridgehead atoms. The molecule has 2 rings (SSSR count). The lowest BCUT2D eigenvalue weighted by Crippen LogP contribution is -2.57. The average molecular weight is 276 g/mol. The monoisotopic (exact) mass is 276 g/mol. The molecule has 0 aromatic heterocycles. The van der Waals surface area contributed by atoms with Gasteiger partial charge in [-0.3, -0.25) is 4.79 Å². The summed E-state index contributed by atoms with van der Waals surface area (Å²) in [7, 11) is 0. The number of aliphatic hydroxyl groups is 1. The van der Waals surface area contributed by atoms with Gasteiger partial charge in [0.15, 0.2) is 0 Å². The highest BCUT2D eigenvalue weighted by molar-refractivity contribution is 5.86. The predicted octanol–water partition coefficient (Wildman–Crippen LogP) is 1.74. The van der Waals surface area contributed by atoms with Crippen LogP contribution < -0.4 is 11.1 Å². The van der Waals surface area contributed by atoms with Gasteiger partial charge in [0.2, 0.25) is 5.91 Å². The number of benzene rings is 1. The lowest BCUT2D eigenvalue weighted by molar-refractivity contribution is -0.129. The van der Waals surface area contributed by atoms with E-state index in [1.165, 1.54) is 0 Å². The van der Waals surface area contributed by atoms with E-state index in [-0.39, 0.29) is 18.6 Å². The average Bonchev–Trinajstić information content (AvgIpc) is 2.45. The van der Waals surface area contributed by atoms with Crippen LogP contribution in [0.2, 0.25) is 0 Å². The second kappa shape index (κ2) is 6.37. The SMILES string of the molecule is CC1CCCC(N)(C(=O)NC(CO)c2ccccc2)C1. The quantitative estimate of drug-likeness (QED) is 0.784. The van der Waals surface area contributed by atoms with E-state index in [1.807, 2.05) is 30.3 Å². The molecular formula is C16H24N2O2. The van der Waals surface area contributed by atoms with Crippen LogP contribution in [0.1, 0.15) is 44.2 Å². The maximum atomic E-state index is 12.5. The number of nitrogens with two attached hydrogens (primary N) is 1. The second-order valence-electron chi connectivity index (χ2n) is 5.98. The van der Waals surface area contributed by atoms with Crippen LogP contribution >= 0.6 is 0 Å². The number of carbonyl (C=O) groups excluding carboxylic acids is 1. The molecule has 0 aliphatic heterocycles. The minimum absolute atomic E-state index is 0.124. The Morgan fingerprint density at radius 2 is 2.20 bits per heavy atom. The predicted molar refractivity (Wildman–Crippen MR) is 79.0 cm³/mol. The minimum atomic E-state index is -0.792. The summed E-state index contributed by atoms with van der Waals surface area (Å²) < 4.78 is 0. The Kier molecular flexibility index (Phi) is 4.78. The number of hydrogen-bond donors (Lipinski definition) is 3. The number of aliphatic hydroxyl groups excluding tert-OH is 1. The van der Waals surface area contributed by atoms with Crippen LogP contribution in [-0.2, 0) is 4.79 Å². The van der Waals surface area contributed by atoms with E-state index < -0.39 is 5.54 Å². The van der Waals surface area contributed by atoms with Crippen molar-refractivity contribution in [3.63, 3.8) is 0 Å². The molecule has 1 aliphatic rings. The summed E-state index contributed by atoms with van der Waals surface area (Å²) in [6, 6.07) is 9.10. The Morgan fingerprint density at radius 1 is 1.50 bits per heavy atom. The Labute approximate surface area is 120 Å². The van der Waals surface area contributed by atoms with Crippen molar-refractivity contribution in [2.24, 2.45) is 11.7 Å². The van der Waals surface area contributed by atoms with E-state index in [4.69, 9.17) is 5.73 Å². The van der Waals surface area contributed by atoms with Crippen molar-refractivity contribution >= 4 is 5.91 Å². The lowest BCUT2D eigenvalue weighted by atomic mass is 9.76. The fourth-order valence-electron chi connectivity index (χ4n) is 3.02. The summed E-state index contributed by atoms with van der Waals surface area (Å²) in [6.07, 6.45) is 3.55. The van der Waals surface area contributed by atoms with Crippen molar-refractivity contribution < 1.29 is 9.90 Å². The van der Waals surface area contributed by atoms with Crippen LogP contribution in [0, 0.1) is 5.92 Å². The standard InChI is InChI=1S/C16H24N2O2/c1-12-6-5-9-16(17,10-12)15(20)18-14(11-19)13-7-3-2-4-8-13/h2-4,7-8,12,14,19H,5-6,9-11,17H2,1H3,(H,18,20). The molecule has 1 fully saturated rings. The lowest BCUT2D eigenvalue weighted by Gasteiger charge is -2.36. The molecule has 110 valence electrons. The topological polar surface area (TPSA) is 75.4 Å². The summed E-state index contributed by atoms with van der Waals surface area (Å²) >= 11 is 0. The van der Waals surface area contributed by atoms with Crippen LogP contribution in [0.15, 0.2) is 30.3 Å². The van der Waals surface area contributed by atoms with Gasteiger partial charge < -0.3 is 16.2 Å². The molecule has 20 heavy (non-hydrogen) atoms. The fourth-order valence-corrected chi connectivity index (χ4v) is 3.02. The van der Waals surface area contributed by atoms with Crippen molar-refractivity contribution in [1.82, 2.24) is 5.32 Å². The first kappa shape index (κ1) is 15.0. The van der Waals surface area contributed by atoms with E-state index in [1.54, 1.807) is 0 Å². The van der Waals surface area contributed by atoms with Crippen molar-refractivity contribution in [2.75, 3.05) is 6.61 Å². The summed E-state index contributed by atoms with van der Waals surface area (Å²) in [5, 5.41) is 12.4. The Morgan fingerprint density at radius 3 is 2.80 bits per heavy atom. The summed E-state index contributed by atoms with van der Waals surface area (Å²) in [5.74, 6) is 0.329. The largest absolute Gasteiger partial charge is 0.394 e. The van der Waals surface area contributed by atoms with Crippen molar-refractivity contribution in [2.45, 2.75) is 44.2 Å². The molecule has 0 heterocycles. The second-order valence-corrected chi connectivity index (χ2v) is 5.98. The first-order chi connectivity index (χ1) is 9.55. The number of amides is 1. The van der Waals surface area contributed by atoms with Crippen LogP contribution in [0.5, 0.6) is 0 Å². The molecule has 0 spiro atoms. The molecule has 0 saturated heterocycles. The maximum absolute atomic E-state index is 12.5. The van der Waals surface area contributed by atoms with Crippen molar-refractivity contribution in [1.29, 1.82) is 0 Å². The zero-order valence-electron chi connectivity index (χ0n) is 12.0. The van der Waals surface area contributed by atoms with Gasteiger partial charge in [0.25, 0.3) is 0 Å². The smallest absolute Gasteiger partial charge is 0.240 e. The summed E-state index contributed by atoms with van der Waals surface area (Å²) in [5.41, 5.74) is 6.39. The van der Waals surface area contributed by atoms with E-state index >= 15 is 0 Å². The maximum Gasteiger partial charge on any atom is 0.240 e. The van der Waals surface area contributed by atoms with Crippen LogP contribution in [0.25, 0.3) is 0 Å². The van der Waals surface area contributed by atoms with Gasteiger partial charge >= 0.3 is 0 Å². The van der Waals surface area contributed by atoms with Crippen molar-refractivity contribution in [3.05, 3.63) is 35.9 Å². The van der Waals surface area contributed by atoms with Gasteiger partial charge in [-0.25, -0.2) is 0 Å². The van der Waals surface area contributed by atoms with Gasteiger partial charge in [-0.15, -0.1) is 0 Å². The van der Waals surface area contributed by atoms with Crippen LogP contribution in [0.3, 0.4) is 0 Å². The molecule has 3 atom stereocenters. The van der Waals surface area contributed by atoms with E-state index in [0.29, 0.717) is 12.3 Å². The third-order valence-electron chi connectivity index (χ3n) is 4.17. The summed E-state index contributed by atoms with van der Waals surface area (Å²) in [4.78, 5) is 12.5. The molecular weight excluding hydrogens is 252 g/mol. The molecule has 1 amide bonds. The Balaban J connectivity index is 2.06. The first-order valence-corrected chi connectivity index (χ1v) is 7.31. The third-order valence-corrected chi connectivity index (χ3v) is 4.17. The molecule has 3 unspecified atom stereocenters. The highest BCUT2D eigenvalue weighted by Crippen LogP contribution is 2.31. The number of carbonyl (C=O) groups is 1. The third kappa shape index (κ3) is 3.38. The first-order valence-electron chi connectivity index (χ1n) is 7.31. The van der Waals surface area contributed by atoms with Gasteiger partial charge in [0.05, 0.1) is 18.2 Å². The normalized spacial score (nSPS) is 27.9. The number of nitrogens with one attached hydrogen (secondary N) is 1. The van der Waals surface area contributed by atoms with Gasteiger partial charge in [-0.2, -0.15) is 0 Å². The van der Waals surface area contributed by atoms with E-state index in [9.17, 15) is 9.90 Å². The Bertz CT molecular complexity index is 449. The van der Waals surface area contributed by atoms with Gasteiger partial charge in [0, 0.05) is 0 Å². The molecule has 4 heteroatoms. The molecule has 4 nitrogen and oxygen atoms in total. The Hall–Kier alpha value is -1.39. The van der Waals surface area contributed by atoms with Crippen LogP contribution in [-0.4, -0.2) is 23.2 Å². The zero-order chi connectivity index (χ0) is 14.6. The molecule has 4 N–H and O–H groups in total. The zero-order valence-corrected chi connectivity index (χ0v) is 12.0.